The molecule has 2 aromatic heterocycles. The van der Waals surface area contributed by atoms with Crippen LogP contribution in [0.3, 0.4) is 0 Å². The fourth-order valence-electron chi connectivity index (χ4n) is 8.56. The molecule has 0 spiro atoms. The Morgan fingerprint density at radius 1 is 0.294 bits per heavy atom. The lowest BCUT2D eigenvalue weighted by atomic mass is 9.99. The van der Waals surface area contributed by atoms with Gasteiger partial charge in [-0.3, -0.25) is 0 Å². The first kappa shape index (κ1) is 28.2. The van der Waals surface area contributed by atoms with Crippen LogP contribution in [0.4, 0.5) is 0 Å². The molecule has 0 saturated heterocycles. The highest BCUT2D eigenvalue weighted by atomic mass is 15.0. The van der Waals surface area contributed by atoms with Crippen molar-refractivity contribution >= 4 is 43.6 Å². The minimum atomic E-state index is 1.01. The predicted octanol–water partition coefficient (Wildman–Crippen LogP) is 12.8. The highest BCUT2D eigenvalue weighted by Gasteiger charge is 2.19. The van der Waals surface area contributed by atoms with Gasteiger partial charge in [0.2, 0.25) is 0 Å². The van der Waals surface area contributed by atoms with Crippen molar-refractivity contribution in [3.05, 3.63) is 193 Å². The summed E-state index contributed by atoms with van der Waals surface area (Å²) < 4.78 is 4.80. The van der Waals surface area contributed by atoms with E-state index in [9.17, 15) is 0 Å². The molecule has 0 N–H and O–H groups in total. The third-order valence-electron chi connectivity index (χ3n) is 10.9. The Morgan fingerprint density at radius 2 is 0.824 bits per heavy atom. The van der Waals surface area contributed by atoms with Crippen LogP contribution in [-0.2, 0) is 6.42 Å². The summed E-state index contributed by atoms with van der Waals surface area (Å²) >= 11 is 0. The van der Waals surface area contributed by atoms with Gasteiger partial charge in [-0.05, 0) is 106 Å². The average Bonchev–Trinajstić information content (AvgIpc) is 3.85. The van der Waals surface area contributed by atoms with Gasteiger partial charge in [0.25, 0.3) is 0 Å². The Labute approximate surface area is 296 Å². The number of hydrogen-bond acceptors (Lipinski definition) is 0. The lowest BCUT2D eigenvalue weighted by Crippen LogP contribution is -1.94. The first-order chi connectivity index (χ1) is 25.3. The molecule has 0 atom stereocenters. The van der Waals surface area contributed by atoms with Crippen LogP contribution in [0, 0.1) is 0 Å². The third kappa shape index (κ3) is 4.30. The number of nitrogens with zero attached hydrogens (tertiary/aromatic N) is 2. The molecule has 0 saturated carbocycles. The Morgan fingerprint density at radius 3 is 1.65 bits per heavy atom. The highest BCUT2D eigenvalue weighted by molar-refractivity contribution is 6.12. The molecule has 8 aromatic carbocycles. The molecule has 0 bridgehead atoms. The second-order valence-electron chi connectivity index (χ2n) is 13.8. The van der Waals surface area contributed by atoms with Gasteiger partial charge in [-0.15, -0.1) is 0 Å². The Kier molecular flexibility index (Phi) is 6.05. The summed E-state index contributed by atoms with van der Waals surface area (Å²) in [6, 6.07) is 66.9. The van der Waals surface area contributed by atoms with Crippen LogP contribution in [0.15, 0.2) is 182 Å². The fraction of sp³-hybridized carbons (Fsp3) is 0.0204. The number of rotatable bonds is 4. The molecule has 10 aromatic rings. The summed E-state index contributed by atoms with van der Waals surface area (Å²) in [6.45, 7) is 0. The minimum Gasteiger partial charge on any atom is -0.309 e. The predicted molar refractivity (Wildman–Crippen MR) is 214 cm³/mol. The van der Waals surface area contributed by atoms with Gasteiger partial charge in [0.1, 0.15) is 0 Å². The van der Waals surface area contributed by atoms with Gasteiger partial charge in [-0.25, -0.2) is 0 Å². The van der Waals surface area contributed by atoms with E-state index < -0.39 is 0 Å². The number of fused-ring (bicyclic) bond motifs is 9. The zero-order chi connectivity index (χ0) is 33.5. The zero-order valence-corrected chi connectivity index (χ0v) is 27.9. The van der Waals surface area contributed by atoms with Gasteiger partial charge >= 0.3 is 0 Å². The van der Waals surface area contributed by atoms with Crippen molar-refractivity contribution < 1.29 is 0 Å². The van der Waals surface area contributed by atoms with E-state index in [1.54, 1.807) is 0 Å². The quantitative estimate of drug-likeness (QED) is 0.180. The molecule has 11 rings (SSSR count). The van der Waals surface area contributed by atoms with Crippen molar-refractivity contribution in [3.63, 3.8) is 0 Å². The second kappa shape index (κ2) is 10.9. The number of aromatic nitrogens is 2. The average molecular weight is 649 g/mol. The molecule has 0 amide bonds. The Balaban J connectivity index is 1.01. The summed E-state index contributed by atoms with van der Waals surface area (Å²) in [5, 5.41) is 5.06. The van der Waals surface area contributed by atoms with Crippen molar-refractivity contribution in [1.82, 2.24) is 9.13 Å². The molecule has 0 unspecified atom stereocenters. The van der Waals surface area contributed by atoms with Gasteiger partial charge in [-0.2, -0.15) is 0 Å². The molecule has 1 aliphatic rings. The molecule has 2 heteroatoms. The monoisotopic (exact) mass is 648 g/mol. The van der Waals surface area contributed by atoms with E-state index in [-0.39, 0.29) is 0 Å². The number of benzene rings is 8. The maximum Gasteiger partial charge on any atom is 0.0547 e. The molecule has 238 valence electrons. The topological polar surface area (TPSA) is 9.86 Å². The summed E-state index contributed by atoms with van der Waals surface area (Å²) in [4.78, 5) is 0. The van der Waals surface area contributed by atoms with Gasteiger partial charge < -0.3 is 9.13 Å². The maximum absolute atomic E-state index is 2.41. The van der Waals surface area contributed by atoms with Crippen molar-refractivity contribution in [2.75, 3.05) is 0 Å². The molecule has 0 aliphatic heterocycles. The number of para-hydroxylation sites is 3. The fourth-order valence-corrected chi connectivity index (χ4v) is 8.56. The van der Waals surface area contributed by atoms with Gasteiger partial charge in [0.05, 0.1) is 22.1 Å². The zero-order valence-electron chi connectivity index (χ0n) is 27.9. The summed E-state index contributed by atoms with van der Waals surface area (Å²) in [6.07, 6.45) is 1.01. The summed E-state index contributed by atoms with van der Waals surface area (Å²) in [7, 11) is 0. The van der Waals surface area contributed by atoms with Crippen molar-refractivity contribution in [3.8, 4) is 44.8 Å². The standard InChI is InChI=1S/C49H32N2/c1-2-11-38(12-3-1)51-46-16-8-6-14-42(46)44-26-21-35(31-49(44)51)34-22-27-48-45(30-34)43-15-7-9-17-47(43)50(48)39-23-18-32(19-24-39)33-20-25-41-37(28-33)29-36-10-4-5-13-40(36)41/h1-28,30-31H,29H2. The largest absolute Gasteiger partial charge is 0.309 e. The van der Waals surface area contributed by atoms with E-state index in [2.05, 4.69) is 191 Å². The molecular weight excluding hydrogens is 617 g/mol. The van der Waals surface area contributed by atoms with Gasteiger partial charge in [-0.1, -0.05) is 127 Å². The van der Waals surface area contributed by atoms with E-state index in [0.29, 0.717) is 0 Å². The molecule has 2 nitrogen and oxygen atoms in total. The maximum atomic E-state index is 2.41. The molecule has 2 heterocycles. The normalized spacial score (nSPS) is 12.2. The van der Waals surface area contributed by atoms with E-state index in [1.807, 2.05) is 0 Å². The highest BCUT2D eigenvalue weighted by Crippen LogP contribution is 2.40. The third-order valence-corrected chi connectivity index (χ3v) is 10.9. The minimum absolute atomic E-state index is 1.01. The van der Waals surface area contributed by atoms with Crippen LogP contribution in [0.1, 0.15) is 11.1 Å². The smallest absolute Gasteiger partial charge is 0.0547 e. The summed E-state index contributed by atoms with van der Waals surface area (Å²) in [5.74, 6) is 0. The first-order valence-electron chi connectivity index (χ1n) is 17.7. The van der Waals surface area contributed by atoms with Crippen molar-refractivity contribution in [2.45, 2.75) is 6.42 Å². The first-order valence-corrected chi connectivity index (χ1v) is 17.7. The van der Waals surface area contributed by atoms with Crippen LogP contribution in [0.25, 0.3) is 88.4 Å². The van der Waals surface area contributed by atoms with Crippen molar-refractivity contribution in [2.24, 2.45) is 0 Å². The van der Waals surface area contributed by atoms with E-state index >= 15 is 0 Å². The van der Waals surface area contributed by atoms with Crippen LogP contribution in [0.5, 0.6) is 0 Å². The lowest BCUT2D eigenvalue weighted by molar-refractivity contribution is 1.18. The van der Waals surface area contributed by atoms with E-state index in [4.69, 9.17) is 0 Å². The molecule has 0 fully saturated rings. The molecule has 1 aliphatic carbocycles. The van der Waals surface area contributed by atoms with Gasteiger partial charge in [0, 0.05) is 32.9 Å². The summed E-state index contributed by atoms with van der Waals surface area (Å²) in [5.41, 5.74) is 17.7. The van der Waals surface area contributed by atoms with Crippen molar-refractivity contribution in [1.29, 1.82) is 0 Å². The van der Waals surface area contributed by atoms with Crippen LogP contribution < -0.4 is 0 Å². The van der Waals surface area contributed by atoms with Crippen LogP contribution in [0.2, 0.25) is 0 Å². The molecule has 0 radical (unpaired) electrons. The SMILES string of the molecule is c1ccc(-n2c3ccccc3c3ccc(-c4ccc5c(c4)c4ccccc4n5-c4ccc(-c5ccc6c(c5)Cc5ccccc5-6)cc4)cc32)cc1. The van der Waals surface area contributed by atoms with E-state index in [0.717, 1.165) is 6.42 Å². The Bertz CT molecular complexity index is 2980. The van der Waals surface area contributed by atoms with Gasteiger partial charge in [0.15, 0.2) is 0 Å². The lowest BCUT2D eigenvalue weighted by Gasteiger charge is -2.11. The molecular formula is C49H32N2. The van der Waals surface area contributed by atoms with Crippen LogP contribution >= 0.6 is 0 Å². The van der Waals surface area contributed by atoms with E-state index in [1.165, 1.54) is 99.5 Å². The number of hydrogen-bond donors (Lipinski definition) is 0. The Hall–Kier alpha value is -6.64. The molecule has 51 heavy (non-hydrogen) atoms. The second-order valence-corrected chi connectivity index (χ2v) is 13.8. The van der Waals surface area contributed by atoms with Crippen LogP contribution in [-0.4, -0.2) is 9.13 Å².